The molecule has 5 nitrogen and oxygen atoms in total. The van der Waals surface area contributed by atoms with Gasteiger partial charge in [-0.05, 0) is 18.5 Å². The minimum absolute atomic E-state index is 0.175. The van der Waals surface area contributed by atoms with Crippen LogP contribution in [0.5, 0.6) is 0 Å². The van der Waals surface area contributed by atoms with Gasteiger partial charge in [0.05, 0.1) is 12.5 Å². The highest BCUT2D eigenvalue weighted by Crippen LogP contribution is 2.25. The Kier molecular flexibility index (Phi) is 5.64. The van der Waals surface area contributed by atoms with Crippen molar-refractivity contribution >= 4 is 23.2 Å². The lowest BCUT2D eigenvalue weighted by molar-refractivity contribution is -0.174. The van der Waals surface area contributed by atoms with Crippen LogP contribution in [-0.2, 0) is 9.59 Å². The Morgan fingerprint density at radius 3 is 2.48 bits per heavy atom. The molecule has 1 fully saturated rings. The normalized spacial score (nSPS) is 17.8. The minimum Gasteiger partial charge on any atom is -0.340 e. The van der Waals surface area contributed by atoms with Gasteiger partial charge in [-0.25, -0.2) is 0 Å². The van der Waals surface area contributed by atoms with Crippen LogP contribution in [0.25, 0.3) is 0 Å². The van der Waals surface area contributed by atoms with E-state index < -0.39 is 18.1 Å². The second kappa shape index (κ2) is 7.31. The van der Waals surface area contributed by atoms with E-state index >= 15 is 0 Å². The van der Waals surface area contributed by atoms with E-state index in [1.54, 1.807) is 22.4 Å². The van der Waals surface area contributed by atoms with Crippen LogP contribution >= 0.6 is 11.3 Å². The molecule has 23 heavy (non-hydrogen) atoms. The number of halogens is 3. The van der Waals surface area contributed by atoms with Gasteiger partial charge in [-0.15, -0.1) is 11.3 Å². The molecular weight excluding hydrogens is 331 g/mol. The first-order chi connectivity index (χ1) is 10.8. The van der Waals surface area contributed by atoms with Gasteiger partial charge >= 0.3 is 12.1 Å². The first kappa shape index (κ1) is 17.7. The zero-order valence-corrected chi connectivity index (χ0v) is 13.4. The van der Waals surface area contributed by atoms with Crippen LogP contribution < -0.4 is 5.32 Å². The van der Waals surface area contributed by atoms with Crippen molar-refractivity contribution in [3.05, 3.63) is 22.4 Å². The van der Waals surface area contributed by atoms with E-state index in [2.05, 4.69) is 4.90 Å². The molecule has 2 heterocycles. The van der Waals surface area contributed by atoms with Gasteiger partial charge in [0.25, 0.3) is 0 Å². The summed E-state index contributed by atoms with van der Waals surface area (Å²) in [5.41, 5.74) is 0. The number of piperazine rings is 1. The summed E-state index contributed by atoms with van der Waals surface area (Å²) in [6.45, 7) is 2.54. The minimum atomic E-state index is -4.97. The lowest BCUT2D eigenvalue weighted by Crippen LogP contribution is -2.48. The van der Waals surface area contributed by atoms with Crippen LogP contribution in [0.15, 0.2) is 17.5 Å². The lowest BCUT2D eigenvalue weighted by Gasteiger charge is -2.33. The van der Waals surface area contributed by atoms with Crippen LogP contribution in [0.2, 0.25) is 0 Å². The van der Waals surface area contributed by atoms with Crippen molar-refractivity contribution in [1.29, 1.82) is 0 Å². The van der Waals surface area contributed by atoms with Crippen molar-refractivity contribution in [2.75, 3.05) is 33.2 Å². The van der Waals surface area contributed by atoms with E-state index in [0.29, 0.717) is 18.0 Å². The monoisotopic (exact) mass is 349 g/mol. The SMILES string of the molecule is CN1CCN(C(=O)C[C@@H](NC(=O)C(F)(F)F)c2cccs2)CC1. The summed E-state index contributed by atoms with van der Waals surface area (Å²) in [6.07, 6.45) is -5.14. The van der Waals surface area contributed by atoms with Crippen LogP contribution in [0.4, 0.5) is 13.2 Å². The van der Waals surface area contributed by atoms with E-state index in [0.717, 1.165) is 13.1 Å². The molecule has 1 aliphatic heterocycles. The lowest BCUT2D eigenvalue weighted by atomic mass is 10.1. The smallest absolute Gasteiger partial charge is 0.340 e. The molecule has 128 valence electrons. The van der Waals surface area contributed by atoms with Crippen molar-refractivity contribution < 1.29 is 22.8 Å². The van der Waals surface area contributed by atoms with Crippen LogP contribution in [0.1, 0.15) is 17.3 Å². The summed E-state index contributed by atoms with van der Waals surface area (Å²) in [6, 6.07) is 2.33. The summed E-state index contributed by atoms with van der Waals surface area (Å²) in [7, 11) is 1.94. The maximum Gasteiger partial charge on any atom is 0.471 e. The number of nitrogens with one attached hydrogen (secondary N) is 1. The molecule has 2 rings (SSSR count). The standard InChI is InChI=1S/C14H18F3N3O2S/c1-19-4-6-20(7-5-19)12(21)9-10(11-3-2-8-23-11)18-13(22)14(15,16)17/h2-3,8,10H,4-7,9H2,1H3,(H,18,22)/t10-/m1/s1. The Morgan fingerprint density at radius 2 is 1.96 bits per heavy atom. The molecule has 0 spiro atoms. The maximum atomic E-state index is 12.5. The van der Waals surface area contributed by atoms with Gasteiger partial charge in [0, 0.05) is 31.1 Å². The summed E-state index contributed by atoms with van der Waals surface area (Å²) in [5, 5.41) is 3.62. The van der Waals surface area contributed by atoms with Crippen LogP contribution in [0.3, 0.4) is 0 Å². The highest BCUT2D eigenvalue weighted by molar-refractivity contribution is 7.10. The third kappa shape index (κ3) is 4.93. The van der Waals surface area contributed by atoms with E-state index in [1.165, 1.54) is 11.3 Å². The molecule has 1 aliphatic rings. The fraction of sp³-hybridized carbons (Fsp3) is 0.571. The van der Waals surface area contributed by atoms with E-state index in [4.69, 9.17) is 0 Å². The Balaban J connectivity index is 2.03. The summed E-state index contributed by atoms with van der Waals surface area (Å²) in [4.78, 5) is 27.8. The molecule has 1 saturated heterocycles. The highest BCUT2D eigenvalue weighted by atomic mass is 32.1. The van der Waals surface area contributed by atoms with Gasteiger partial charge in [-0.1, -0.05) is 6.07 Å². The van der Waals surface area contributed by atoms with Gasteiger partial charge in [0.15, 0.2) is 0 Å². The summed E-state index contributed by atoms with van der Waals surface area (Å²) < 4.78 is 37.4. The number of alkyl halides is 3. The molecule has 0 unspecified atom stereocenters. The van der Waals surface area contributed by atoms with E-state index in [1.807, 2.05) is 12.4 Å². The Bertz CT molecular complexity index is 540. The Labute approximate surface area is 136 Å². The summed E-state index contributed by atoms with van der Waals surface area (Å²) >= 11 is 1.21. The quantitative estimate of drug-likeness (QED) is 0.899. The number of rotatable bonds is 4. The van der Waals surface area contributed by atoms with Gasteiger partial charge in [0.1, 0.15) is 0 Å². The molecule has 0 saturated carbocycles. The molecule has 1 N–H and O–H groups in total. The molecule has 1 atom stereocenters. The number of thiophene rings is 1. The molecular formula is C14H18F3N3O2S. The van der Waals surface area contributed by atoms with E-state index in [-0.39, 0.29) is 12.3 Å². The second-order valence-corrected chi connectivity index (χ2v) is 6.41. The highest BCUT2D eigenvalue weighted by Gasteiger charge is 2.40. The van der Waals surface area contributed by atoms with Gasteiger partial charge in [0.2, 0.25) is 5.91 Å². The molecule has 0 aliphatic carbocycles. The van der Waals surface area contributed by atoms with Crippen molar-refractivity contribution in [2.45, 2.75) is 18.6 Å². The Morgan fingerprint density at radius 1 is 1.30 bits per heavy atom. The first-order valence-corrected chi connectivity index (χ1v) is 8.02. The van der Waals surface area contributed by atoms with Crippen molar-refractivity contribution in [3.8, 4) is 0 Å². The number of carbonyl (C=O) groups excluding carboxylic acids is 2. The van der Waals surface area contributed by atoms with E-state index in [9.17, 15) is 22.8 Å². The van der Waals surface area contributed by atoms with Gasteiger partial charge < -0.3 is 15.1 Å². The fourth-order valence-electron chi connectivity index (χ4n) is 2.31. The predicted octanol–water partition coefficient (Wildman–Crippen LogP) is 1.63. The number of hydrogen-bond donors (Lipinski definition) is 1. The number of carbonyl (C=O) groups is 2. The largest absolute Gasteiger partial charge is 0.471 e. The number of hydrogen-bond acceptors (Lipinski definition) is 4. The third-order valence-electron chi connectivity index (χ3n) is 3.68. The van der Waals surface area contributed by atoms with Gasteiger partial charge in [-0.3, -0.25) is 9.59 Å². The zero-order valence-electron chi connectivity index (χ0n) is 12.6. The molecule has 0 bridgehead atoms. The molecule has 2 amide bonds. The molecule has 0 radical (unpaired) electrons. The first-order valence-electron chi connectivity index (χ1n) is 7.15. The fourth-order valence-corrected chi connectivity index (χ4v) is 3.09. The average molecular weight is 349 g/mol. The van der Waals surface area contributed by atoms with Gasteiger partial charge in [-0.2, -0.15) is 13.2 Å². The zero-order chi connectivity index (χ0) is 17.0. The number of nitrogens with zero attached hydrogens (tertiary/aromatic N) is 2. The predicted molar refractivity (Wildman–Crippen MR) is 80.0 cm³/mol. The van der Waals surface area contributed by atoms with Crippen LogP contribution in [0, 0.1) is 0 Å². The third-order valence-corrected chi connectivity index (χ3v) is 4.67. The van der Waals surface area contributed by atoms with Crippen molar-refractivity contribution in [2.24, 2.45) is 0 Å². The summed E-state index contributed by atoms with van der Waals surface area (Å²) in [5.74, 6) is -2.28. The molecule has 1 aromatic heterocycles. The topological polar surface area (TPSA) is 52.6 Å². The number of likely N-dealkylation sites (N-methyl/N-ethyl adjacent to an activating group) is 1. The van der Waals surface area contributed by atoms with Crippen molar-refractivity contribution in [1.82, 2.24) is 15.1 Å². The molecule has 1 aromatic rings. The molecule has 0 aromatic carbocycles. The maximum absolute atomic E-state index is 12.5. The van der Waals surface area contributed by atoms with Crippen molar-refractivity contribution in [3.63, 3.8) is 0 Å². The van der Waals surface area contributed by atoms with Crippen LogP contribution in [-0.4, -0.2) is 61.0 Å². The average Bonchev–Trinajstić information content (AvgIpc) is 3.00. The second-order valence-electron chi connectivity index (χ2n) is 5.43. The molecule has 9 heteroatoms. The number of amides is 2. The Hall–Kier alpha value is -1.61.